The second kappa shape index (κ2) is 3.90. The van der Waals surface area contributed by atoms with E-state index in [4.69, 9.17) is 9.47 Å². The van der Waals surface area contributed by atoms with E-state index in [-0.39, 0.29) is 5.41 Å². The number of ether oxygens (including phenoxy) is 2. The van der Waals surface area contributed by atoms with Crippen LogP contribution < -0.4 is 9.47 Å². The molecule has 0 aliphatic carbocycles. The van der Waals surface area contributed by atoms with Crippen molar-refractivity contribution in [2.24, 2.45) is 0 Å². The Morgan fingerprint density at radius 1 is 1.11 bits per heavy atom. The van der Waals surface area contributed by atoms with Gasteiger partial charge in [-0.1, -0.05) is 20.8 Å². The minimum absolute atomic E-state index is 0.0120. The summed E-state index contributed by atoms with van der Waals surface area (Å²) in [5.41, 5.74) is 1.95. The fourth-order valence-corrected chi connectivity index (χ4v) is 2.02. The molecular weight excluding hydrogens is 228 g/mol. The summed E-state index contributed by atoms with van der Waals surface area (Å²) in [6, 6.07) is 3.94. The van der Waals surface area contributed by atoms with E-state index in [1.54, 1.807) is 0 Å². The van der Waals surface area contributed by atoms with E-state index in [1.807, 2.05) is 12.1 Å². The molecule has 0 unspecified atom stereocenters. The lowest BCUT2D eigenvalue weighted by molar-refractivity contribution is 0.297. The number of nitrogens with one attached hydrogen (secondary N) is 1. The van der Waals surface area contributed by atoms with Gasteiger partial charge in [0.05, 0.1) is 24.2 Å². The van der Waals surface area contributed by atoms with E-state index in [0.717, 1.165) is 34.8 Å². The standard InChI is InChI=1S/C14H18N2O2/c1-14(2,3)13-15-9-7-11-12(8-10(9)16-13)18-6-4-5-17-11/h7-8H,4-6H2,1-3H3,(H,15,16). The molecule has 0 saturated heterocycles. The van der Waals surface area contributed by atoms with Crippen LogP contribution in [0.2, 0.25) is 0 Å². The van der Waals surface area contributed by atoms with E-state index < -0.39 is 0 Å². The third-order valence-electron chi connectivity index (χ3n) is 3.06. The zero-order valence-electron chi connectivity index (χ0n) is 11.0. The average Bonchev–Trinajstić information content (AvgIpc) is 2.57. The van der Waals surface area contributed by atoms with Gasteiger partial charge in [0.1, 0.15) is 5.82 Å². The molecule has 1 aromatic carbocycles. The number of H-pyrrole nitrogens is 1. The van der Waals surface area contributed by atoms with Gasteiger partial charge >= 0.3 is 0 Å². The Hall–Kier alpha value is -1.71. The Bertz CT molecular complexity index is 538. The number of hydrogen-bond donors (Lipinski definition) is 1. The zero-order valence-corrected chi connectivity index (χ0v) is 11.0. The molecule has 0 atom stereocenters. The van der Waals surface area contributed by atoms with Gasteiger partial charge in [0.15, 0.2) is 11.5 Å². The SMILES string of the molecule is CC(C)(C)c1nc2cc3c(cc2[nH]1)OCCCO3. The Balaban J connectivity index is 2.12. The van der Waals surface area contributed by atoms with Crippen molar-refractivity contribution in [3.8, 4) is 11.5 Å². The molecule has 2 aromatic rings. The lowest BCUT2D eigenvalue weighted by Gasteiger charge is -2.13. The maximum Gasteiger partial charge on any atom is 0.163 e. The number of fused-ring (bicyclic) bond motifs is 2. The third kappa shape index (κ3) is 1.92. The van der Waals surface area contributed by atoms with Crippen LogP contribution in [-0.2, 0) is 5.41 Å². The predicted octanol–water partition coefficient (Wildman–Crippen LogP) is 3.02. The Kier molecular flexibility index (Phi) is 2.47. The average molecular weight is 246 g/mol. The molecule has 0 fully saturated rings. The molecule has 1 aliphatic rings. The highest BCUT2D eigenvalue weighted by molar-refractivity contribution is 5.80. The molecule has 0 radical (unpaired) electrons. The van der Waals surface area contributed by atoms with Gasteiger partial charge < -0.3 is 14.5 Å². The summed E-state index contributed by atoms with van der Waals surface area (Å²) >= 11 is 0. The normalized spacial score (nSPS) is 15.7. The van der Waals surface area contributed by atoms with Crippen molar-refractivity contribution in [3.05, 3.63) is 18.0 Å². The first-order chi connectivity index (χ1) is 8.54. The quantitative estimate of drug-likeness (QED) is 0.777. The number of benzene rings is 1. The first-order valence-electron chi connectivity index (χ1n) is 6.34. The largest absolute Gasteiger partial charge is 0.489 e. The minimum Gasteiger partial charge on any atom is -0.489 e. The van der Waals surface area contributed by atoms with Crippen LogP contribution >= 0.6 is 0 Å². The summed E-state index contributed by atoms with van der Waals surface area (Å²) in [4.78, 5) is 7.99. The molecule has 96 valence electrons. The van der Waals surface area contributed by atoms with Crippen LogP contribution in [0, 0.1) is 0 Å². The Morgan fingerprint density at radius 2 is 1.78 bits per heavy atom. The van der Waals surface area contributed by atoms with Gasteiger partial charge in [0.2, 0.25) is 0 Å². The predicted molar refractivity (Wildman–Crippen MR) is 70.4 cm³/mol. The number of aromatic amines is 1. The first-order valence-corrected chi connectivity index (χ1v) is 6.34. The molecule has 0 spiro atoms. The van der Waals surface area contributed by atoms with Crippen LogP contribution in [0.3, 0.4) is 0 Å². The van der Waals surface area contributed by atoms with Gasteiger partial charge in [-0.15, -0.1) is 0 Å². The van der Waals surface area contributed by atoms with Gasteiger partial charge in [-0.05, 0) is 0 Å². The summed E-state index contributed by atoms with van der Waals surface area (Å²) in [6.45, 7) is 7.84. The smallest absolute Gasteiger partial charge is 0.163 e. The van der Waals surface area contributed by atoms with E-state index in [0.29, 0.717) is 13.2 Å². The molecule has 3 rings (SSSR count). The van der Waals surface area contributed by atoms with E-state index >= 15 is 0 Å². The molecule has 1 N–H and O–H groups in total. The summed E-state index contributed by atoms with van der Waals surface area (Å²) in [6.07, 6.45) is 0.920. The molecule has 18 heavy (non-hydrogen) atoms. The molecule has 1 aromatic heterocycles. The number of aromatic nitrogens is 2. The molecule has 0 saturated carbocycles. The van der Waals surface area contributed by atoms with Gasteiger partial charge in [-0.2, -0.15) is 0 Å². The minimum atomic E-state index is 0.0120. The van der Waals surface area contributed by atoms with Gasteiger partial charge in [-0.3, -0.25) is 0 Å². The van der Waals surface area contributed by atoms with Crippen LogP contribution in [0.1, 0.15) is 33.0 Å². The topological polar surface area (TPSA) is 47.1 Å². The maximum absolute atomic E-state index is 5.68. The summed E-state index contributed by atoms with van der Waals surface area (Å²) in [7, 11) is 0. The third-order valence-corrected chi connectivity index (χ3v) is 3.06. The second-order valence-electron chi connectivity index (χ2n) is 5.70. The van der Waals surface area contributed by atoms with Gasteiger partial charge in [0, 0.05) is 24.0 Å². The Labute approximate surface area is 106 Å². The number of nitrogens with zero attached hydrogens (tertiary/aromatic N) is 1. The molecule has 1 aliphatic heterocycles. The van der Waals surface area contributed by atoms with Crippen LogP contribution in [0.25, 0.3) is 11.0 Å². The number of imidazole rings is 1. The highest BCUT2D eigenvalue weighted by Crippen LogP contribution is 2.34. The second-order valence-corrected chi connectivity index (χ2v) is 5.70. The summed E-state index contributed by atoms with van der Waals surface area (Å²) in [5.74, 6) is 2.59. The fourth-order valence-electron chi connectivity index (χ4n) is 2.02. The highest BCUT2D eigenvalue weighted by Gasteiger charge is 2.20. The van der Waals surface area contributed by atoms with Crippen molar-refractivity contribution in [1.82, 2.24) is 9.97 Å². The van der Waals surface area contributed by atoms with Crippen molar-refractivity contribution in [2.75, 3.05) is 13.2 Å². The summed E-state index contributed by atoms with van der Waals surface area (Å²) < 4.78 is 11.4. The number of hydrogen-bond acceptors (Lipinski definition) is 3. The molecule has 4 nitrogen and oxygen atoms in total. The van der Waals surface area contributed by atoms with Crippen molar-refractivity contribution >= 4 is 11.0 Å². The number of rotatable bonds is 0. The van der Waals surface area contributed by atoms with Crippen molar-refractivity contribution in [3.63, 3.8) is 0 Å². The van der Waals surface area contributed by atoms with Crippen LogP contribution in [0.4, 0.5) is 0 Å². The Morgan fingerprint density at radius 3 is 2.44 bits per heavy atom. The van der Waals surface area contributed by atoms with Crippen LogP contribution in [0.5, 0.6) is 11.5 Å². The van der Waals surface area contributed by atoms with E-state index in [9.17, 15) is 0 Å². The van der Waals surface area contributed by atoms with Gasteiger partial charge in [-0.25, -0.2) is 4.98 Å². The van der Waals surface area contributed by atoms with E-state index in [2.05, 4.69) is 30.7 Å². The maximum atomic E-state index is 5.68. The van der Waals surface area contributed by atoms with Crippen molar-refractivity contribution in [2.45, 2.75) is 32.6 Å². The zero-order chi connectivity index (χ0) is 12.8. The molecular formula is C14H18N2O2. The van der Waals surface area contributed by atoms with E-state index in [1.165, 1.54) is 0 Å². The molecule has 2 heterocycles. The van der Waals surface area contributed by atoms with Gasteiger partial charge in [0.25, 0.3) is 0 Å². The monoisotopic (exact) mass is 246 g/mol. The van der Waals surface area contributed by atoms with Crippen molar-refractivity contribution in [1.29, 1.82) is 0 Å². The molecule has 0 amide bonds. The molecule has 0 bridgehead atoms. The lowest BCUT2D eigenvalue weighted by Crippen LogP contribution is -2.12. The first kappa shape index (κ1) is 11.4. The van der Waals surface area contributed by atoms with Crippen molar-refractivity contribution < 1.29 is 9.47 Å². The molecule has 4 heteroatoms. The lowest BCUT2D eigenvalue weighted by atomic mass is 9.96. The van der Waals surface area contributed by atoms with Crippen LogP contribution in [-0.4, -0.2) is 23.2 Å². The summed E-state index contributed by atoms with van der Waals surface area (Å²) in [5, 5.41) is 0. The van der Waals surface area contributed by atoms with Crippen LogP contribution in [0.15, 0.2) is 12.1 Å². The fraction of sp³-hybridized carbons (Fsp3) is 0.500. The highest BCUT2D eigenvalue weighted by atomic mass is 16.5.